The Balaban J connectivity index is 1.26. The number of nitrogens with zero attached hydrogens (tertiary/aromatic N) is 2. The Morgan fingerprint density at radius 1 is 1.21 bits per heavy atom. The number of piperidine rings is 1. The van der Waals surface area contributed by atoms with E-state index in [0.29, 0.717) is 12.1 Å². The molecule has 1 amide bonds. The van der Waals surface area contributed by atoms with Crippen LogP contribution in [0.4, 0.5) is 0 Å². The minimum absolute atomic E-state index is 0.153. The Kier molecular flexibility index (Phi) is 4.65. The van der Waals surface area contributed by atoms with Crippen LogP contribution >= 0.6 is 0 Å². The highest BCUT2D eigenvalue weighted by Gasteiger charge is 2.56. The first-order valence-corrected chi connectivity index (χ1v) is 10.5. The van der Waals surface area contributed by atoms with Crippen LogP contribution in [0.3, 0.4) is 0 Å². The predicted octanol–water partition coefficient (Wildman–Crippen LogP) is 2.65. The van der Waals surface area contributed by atoms with Crippen molar-refractivity contribution >= 4 is 16.8 Å². The Bertz CT molecular complexity index is 850. The van der Waals surface area contributed by atoms with Gasteiger partial charge in [-0.05, 0) is 43.9 Å². The van der Waals surface area contributed by atoms with E-state index in [-0.39, 0.29) is 11.4 Å². The van der Waals surface area contributed by atoms with Crippen LogP contribution < -0.4 is 0 Å². The molecule has 28 heavy (non-hydrogen) atoms. The van der Waals surface area contributed by atoms with E-state index in [2.05, 4.69) is 9.88 Å². The van der Waals surface area contributed by atoms with Crippen LogP contribution in [0.15, 0.2) is 30.5 Å². The van der Waals surface area contributed by atoms with Crippen molar-refractivity contribution in [1.29, 1.82) is 0 Å². The topological polar surface area (TPSA) is 57.8 Å². The van der Waals surface area contributed by atoms with E-state index in [4.69, 9.17) is 9.47 Å². The van der Waals surface area contributed by atoms with Gasteiger partial charge in [-0.3, -0.25) is 9.69 Å². The number of methoxy groups -OCH3 is 1. The summed E-state index contributed by atoms with van der Waals surface area (Å²) in [4.78, 5) is 21.0. The summed E-state index contributed by atoms with van der Waals surface area (Å²) in [5.74, 6) is 0.155. The minimum atomic E-state index is 0.153. The zero-order valence-corrected chi connectivity index (χ0v) is 16.5. The SMILES string of the molecule is COC1CN(C2CCN(C(=O)c3cccc4[nH]ccc34)CC2)C12CCOCC2. The van der Waals surface area contributed by atoms with E-state index in [0.717, 1.165) is 75.0 Å². The molecule has 0 bridgehead atoms. The number of rotatable bonds is 3. The van der Waals surface area contributed by atoms with E-state index < -0.39 is 0 Å². The van der Waals surface area contributed by atoms with Gasteiger partial charge in [-0.25, -0.2) is 0 Å². The molecule has 1 aromatic heterocycles. The predicted molar refractivity (Wildman–Crippen MR) is 108 cm³/mol. The number of hydrogen-bond donors (Lipinski definition) is 1. The van der Waals surface area contributed by atoms with Crippen LogP contribution in [0.5, 0.6) is 0 Å². The number of fused-ring (bicyclic) bond motifs is 1. The lowest BCUT2D eigenvalue weighted by Gasteiger charge is -2.63. The zero-order valence-electron chi connectivity index (χ0n) is 16.5. The van der Waals surface area contributed by atoms with Gasteiger partial charge < -0.3 is 19.4 Å². The van der Waals surface area contributed by atoms with Crippen molar-refractivity contribution < 1.29 is 14.3 Å². The smallest absolute Gasteiger partial charge is 0.254 e. The lowest BCUT2D eigenvalue weighted by atomic mass is 9.73. The number of carbonyl (C=O) groups excluding carboxylic acids is 1. The number of hydrogen-bond acceptors (Lipinski definition) is 4. The molecule has 3 aliphatic rings. The molecule has 0 radical (unpaired) electrons. The molecule has 3 aliphatic heterocycles. The largest absolute Gasteiger partial charge is 0.381 e. The van der Waals surface area contributed by atoms with Gasteiger partial charge in [0.15, 0.2) is 0 Å². The van der Waals surface area contributed by atoms with Crippen LogP contribution in [-0.4, -0.2) is 78.3 Å². The molecular formula is C22H29N3O3. The fourth-order valence-corrected chi connectivity index (χ4v) is 5.57. The zero-order chi connectivity index (χ0) is 19.1. The molecule has 2 aromatic rings. The van der Waals surface area contributed by atoms with Crippen molar-refractivity contribution in [2.45, 2.75) is 43.4 Å². The lowest BCUT2D eigenvalue weighted by Crippen LogP contribution is -2.75. The molecule has 3 fully saturated rings. The second kappa shape index (κ2) is 7.17. The maximum absolute atomic E-state index is 13.1. The van der Waals surface area contributed by atoms with Crippen molar-refractivity contribution in [1.82, 2.24) is 14.8 Å². The van der Waals surface area contributed by atoms with E-state index in [9.17, 15) is 4.79 Å². The standard InChI is InChI=1S/C22H29N3O3/c1-27-20-15-25(22(20)8-13-28-14-9-22)16-6-11-24(12-7-16)21(26)18-3-2-4-19-17(18)5-10-23-19/h2-5,10,16,20,23H,6-9,11-15H2,1H3. The lowest BCUT2D eigenvalue weighted by molar-refractivity contribution is -0.207. The van der Waals surface area contributed by atoms with Gasteiger partial charge in [-0.15, -0.1) is 0 Å². The maximum Gasteiger partial charge on any atom is 0.254 e. The van der Waals surface area contributed by atoms with E-state index in [1.807, 2.05) is 42.5 Å². The average molecular weight is 383 g/mol. The van der Waals surface area contributed by atoms with Gasteiger partial charge in [0.1, 0.15) is 0 Å². The number of aromatic amines is 1. The summed E-state index contributed by atoms with van der Waals surface area (Å²) >= 11 is 0. The van der Waals surface area contributed by atoms with Crippen molar-refractivity contribution in [2.75, 3.05) is 40.0 Å². The van der Waals surface area contributed by atoms with E-state index in [1.54, 1.807) is 0 Å². The highest BCUT2D eigenvalue weighted by molar-refractivity contribution is 6.06. The van der Waals surface area contributed by atoms with Gasteiger partial charge in [0.2, 0.25) is 0 Å². The van der Waals surface area contributed by atoms with Crippen LogP contribution in [-0.2, 0) is 9.47 Å². The third-order valence-corrected chi connectivity index (χ3v) is 7.19. The van der Waals surface area contributed by atoms with Gasteiger partial charge in [-0.1, -0.05) is 6.07 Å². The summed E-state index contributed by atoms with van der Waals surface area (Å²) in [5.41, 5.74) is 1.98. The van der Waals surface area contributed by atoms with Crippen molar-refractivity contribution in [3.63, 3.8) is 0 Å². The molecule has 3 saturated heterocycles. The van der Waals surface area contributed by atoms with E-state index >= 15 is 0 Å². The summed E-state index contributed by atoms with van der Waals surface area (Å²) < 4.78 is 11.4. The average Bonchev–Trinajstić information content (AvgIpc) is 3.23. The van der Waals surface area contributed by atoms with Gasteiger partial charge in [-0.2, -0.15) is 0 Å². The minimum Gasteiger partial charge on any atom is -0.381 e. The fourth-order valence-electron chi connectivity index (χ4n) is 5.57. The first-order valence-electron chi connectivity index (χ1n) is 10.5. The first kappa shape index (κ1) is 18.2. The number of H-pyrrole nitrogens is 1. The van der Waals surface area contributed by atoms with Gasteiger partial charge in [0, 0.05) is 68.7 Å². The summed E-state index contributed by atoms with van der Waals surface area (Å²) in [7, 11) is 1.84. The number of nitrogens with one attached hydrogen (secondary N) is 1. The summed E-state index contributed by atoms with van der Waals surface area (Å²) in [5, 5.41) is 1.02. The number of aromatic nitrogens is 1. The molecule has 0 aliphatic carbocycles. The first-order chi connectivity index (χ1) is 13.7. The van der Waals surface area contributed by atoms with Crippen molar-refractivity contribution in [3.8, 4) is 0 Å². The molecule has 1 unspecified atom stereocenters. The highest BCUT2D eigenvalue weighted by Crippen LogP contribution is 2.44. The molecule has 6 nitrogen and oxygen atoms in total. The van der Waals surface area contributed by atoms with Crippen molar-refractivity contribution in [2.24, 2.45) is 0 Å². The quantitative estimate of drug-likeness (QED) is 0.885. The Labute approximate surface area is 165 Å². The van der Waals surface area contributed by atoms with Crippen LogP contribution in [0.1, 0.15) is 36.0 Å². The molecule has 5 rings (SSSR count). The summed E-state index contributed by atoms with van der Waals surface area (Å²) in [6.45, 7) is 4.32. The van der Waals surface area contributed by atoms with Gasteiger partial charge in [0.25, 0.3) is 5.91 Å². The Morgan fingerprint density at radius 2 is 2.00 bits per heavy atom. The molecule has 4 heterocycles. The fraction of sp³-hybridized carbons (Fsp3) is 0.591. The number of likely N-dealkylation sites (tertiary alicyclic amines) is 2. The molecule has 1 aromatic carbocycles. The molecule has 6 heteroatoms. The van der Waals surface area contributed by atoms with E-state index in [1.165, 1.54) is 0 Å². The van der Waals surface area contributed by atoms with Crippen molar-refractivity contribution in [3.05, 3.63) is 36.0 Å². The number of benzene rings is 1. The molecule has 1 spiro atoms. The normalized spacial score (nSPS) is 25.9. The Morgan fingerprint density at radius 3 is 2.75 bits per heavy atom. The molecule has 0 saturated carbocycles. The van der Waals surface area contributed by atoms with Crippen LogP contribution in [0.25, 0.3) is 10.9 Å². The summed E-state index contributed by atoms with van der Waals surface area (Å²) in [6, 6.07) is 8.45. The third kappa shape index (κ3) is 2.78. The molecule has 150 valence electrons. The molecule has 1 N–H and O–H groups in total. The van der Waals surface area contributed by atoms with Crippen LogP contribution in [0, 0.1) is 0 Å². The second-order valence-corrected chi connectivity index (χ2v) is 8.36. The number of carbonyl (C=O) groups is 1. The van der Waals surface area contributed by atoms with Gasteiger partial charge >= 0.3 is 0 Å². The number of ether oxygens (including phenoxy) is 2. The van der Waals surface area contributed by atoms with Gasteiger partial charge in [0.05, 0.1) is 11.6 Å². The molecular weight excluding hydrogens is 354 g/mol. The Hall–Kier alpha value is -1.89. The monoisotopic (exact) mass is 383 g/mol. The highest BCUT2D eigenvalue weighted by atomic mass is 16.5. The second-order valence-electron chi connectivity index (χ2n) is 8.36. The van der Waals surface area contributed by atoms with Crippen LogP contribution in [0.2, 0.25) is 0 Å². The maximum atomic E-state index is 13.1. The summed E-state index contributed by atoms with van der Waals surface area (Å²) in [6.07, 6.45) is 6.40. The number of amides is 1. The molecule has 1 atom stereocenters. The third-order valence-electron chi connectivity index (χ3n) is 7.19.